The molecule has 1 unspecified atom stereocenters. The SMILES string of the molecule is CC1(NCC2CCC(CN)CC2)CCOC1. The van der Waals surface area contributed by atoms with Gasteiger partial charge in [0.2, 0.25) is 0 Å². The van der Waals surface area contributed by atoms with Gasteiger partial charge < -0.3 is 15.8 Å². The topological polar surface area (TPSA) is 47.3 Å². The van der Waals surface area contributed by atoms with Crippen molar-refractivity contribution in [2.75, 3.05) is 26.3 Å². The summed E-state index contributed by atoms with van der Waals surface area (Å²) in [5.74, 6) is 1.65. The predicted molar refractivity (Wildman–Crippen MR) is 66.3 cm³/mol. The number of hydrogen-bond acceptors (Lipinski definition) is 3. The van der Waals surface area contributed by atoms with Crippen molar-refractivity contribution in [2.45, 2.75) is 44.6 Å². The molecular formula is C13H26N2O. The Hall–Kier alpha value is -0.120. The van der Waals surface area contributed by atoms with E-state index in [0.29, 0.717) is 0 Å². The molecule has 3 N–H and O–H groups in total. The molecule has 0 aromatic heterocycles. The predicted octanol–water partition coefficient (Wildman–Crippen LogP) is 1.52. The van der Waals surface area contributed by atoms with Crippen LogP contribution in [-0.4, -0.2) is 31.8 Å². The molecule has 0 spiro atoms. The summed E-state index contributed by atoms with van der Waals surface area (Å²) in [6, 6.07) is 0. The van der Waals surface area contributed by atoms with E-state index in [-0.39, 0.29) is 5.54 Å². The van der Waals surface area contributed by atoms with Gasteiger partial charge in [-0.05, 0) is 64.0 Å². The maximum Gasteiger partial charge on any atom is 0.0646 e. The van der Waals surface area contributed by atoms with E-state index in [4.69, 9.17) is 10.5 Å². The Morgan fingerprint density at radius 3 is 2.50 bits per heavy atom. The number of rotatable bonds is 4. The van der Waals surface area contributed by atoms with Crippen LogP contribution in [0, 0.1) is 11.8 Å². The second-order valence-electron chi connectivity index (χ2n) is 5.87. The molecule has 1 atom stereocenters. The highest BCUT2D eigenvalue weighted by Gasteiger charge is 2.30. The monoisotopic (exact) mass is 226 g/mol. The lowest BCUT2D eigenvalue weighted by Gasteiger charge is -2.31. The first-order valence-corrected chi connectivity index (χ1v) is 6.75. The second kappa shape index (κ2) is 5.48. The van der Waals surface area contributed by atoms with Crippen molar-refractivity contribution in [3.8, 4) is 0 Å². The van der Waals surface area contributed by atoms with Crippen LogP contribution in [0.25, 0.3) is 0 Å². The second-order valence-corrected chi connectivity index (χ2v) is 5.87. The van der Waals surface area contributed by atoms with Crippen molar-refractivity contribution in [1.29, 1.82) is 0 Å². The van der Waals surface area contributed by atoms with Crippen molar-refractivity contribution in [3.63, 3.8) is 0 Å². The van der Waals surface area contributed by atoms with E-state index in [2.05, 4.69) is 12.2 Å². The fourth-order valence-corrected chi connectivity index (χ4v) is 2.87. The Bertz CT molecular complexity index is 206. The van der Waals surface area contributed by atoms with Gasteiger partial charge in [0, 0.05) is 12.1 Å². The van der Waals surface area contributed by atoms with Gasteiger partial charge in [0.15, 0.2) is 0 Å². The van der Waals surface area contributed by atoms with Gasteiger partial charge in [-0.25, -0.2) is 0 Å². The Balaban J connectivity index is 1.67. The Morgan fingerprint density at radius 2 is 1.94 bits per heavy atom. The molecule has 1 aliphatic carbocycles. The van der Waals surface area contributed by atoms with Gasteiger partial charge in [-0.15, -0.1) is 0 Å². The van der Waals surface area contributed by atoms with Crippen LogP contribution >= 0.6 is 0 Å². The van der Waals surface area contributed by atoms with E-state index < -0.39 is 0 Å². The first kappa shape index (κ1) is 12.3. The maximum atomic E-state index is 5.71. The largest absolute Gasteiger partial charge is 0.379 e. The molecule has 0 amide bonds. The molecule has 1 heterocycles. The molecule has 0 bridgehead atoms. The van der Waals surface area contributed by atoms with Gasteiger partial charge in [0.1, 0.15) is 0 Å². The third-order valence-corrected chi connectivity index (χ3v) is 4.34. The van der Waals surface area contributed by atoms with Gasteiger partial charge in [0.05, 0.1) is 6.61 Å². The summed E-state index contributed by atoms with van der Waals surface area (Å²) in [5, 5.41) is 3.70. The van der Waals surface area contributed by atoms with E-state index >= 15 is 0 Å². The fraction of sp³-hybridized carbons (Fsp3) is 1.00. The lowest BCUT2D eigenvalue weighted by molar-refractivity contribution is 0.166. The van der Waals surface area contributed by atoms with Crippen molar-refractivity contribution in [3.05, 3.63) is 0 Å². The summed E-state index contributed by atoms with van der Waals surface area (Å²) in [5.41, 5.74) is 5.95. The van der Waals surface area contributed by atoms with Gasteiger partial charge in [0.25, 0.3) is 0 Å². The van der Waals surface area contributed by atoms with Crippen LogP contribution in [-0.2, 0) is 4.74 Å². The molecule has 3 heteroatoms. The van der Waals surface area contributed by atoms with Gasteiger partial charge in [-0.1, -0.05) is 0 Å². The van der Waals surface area contributed by atoms with Crippen molar-refractivity contribution in [2.24, 2.45) is 17.6 Å². The van der Waals surface area contributed by atoms with E-state index in [0.717, 1.165) is 44.6 Å². The number of nitrogens with two attached hydrogens (primary N) is 1. The average molecular weight is 226 g/mol. The van der Waals surface area contributed by atoms with E-state index in [1.807, 2.05) is 0 Å². The normalized spacial score (nSPS) is 40.1. The van der Waals surface area contributed by atoms with Crippen LogP contribution < -0.4 is 11.1 Å². The van der Waals surface area contributed by atoms with E-state index in [1.54, 1.807) is 0 Å². The van der Waals surface area contributed by atoms with Gasteiger partial charge in [-0.3, -0.25) is 0 Å². The molecule has 16 heavy (non-hydrogen) atoms. The third-order valence-electron chi connectivity index (χ3n) is 4.34. The first-order chi connectivity index (χ1) is 7.72. The molecule has 2 aliphatic rings. The zero-order chi connectivity index (χ0) is 11.4. The van der Waals surface area contributed by atoms with Crippen molar-refractivity contribution >= 4 is 0 Å². The van der Waals surface area contributed by atoms with Crippen LogP contribution in [0.4, 0.5) is 0 Å². The van der Waals surface area contributed by atoms with Gasteiger partial charge >= 0.3 is 0 Å². The van der Waals surface area contributed by atoms with Crippen LogP contribution in [0.3, 0.4) is 0 Å². The Morgan fingerprint density at radius 1 is 1.25 bits per heavy atom. The van der Waals surface area contributed by atoms with E-state index in [1.165, 1.54) is 25.7 Å². The highest BCUT2D eigenvalue weighted by atomic mass is 16.5. The smallest absolute Gasteiger partial charge is 0.0646 e. The molecule has 0 aromatic rings. The molecule has 0 radical (unpaired) electrons. The molecule has 2 rings (SSSR count). The molecule has 1 saturated heterocycles. The number of ether oxygens (including phenoxy) is 1. The molecule has 94 valence electrons. The lowest BCUT2D eigenvalue weighted by Crippen LogP contribution is -2.45. The molecule has 1 aliphatic heterocycles. The molecule has 2 fully saturated rings. The van der Waals surface area contributed by atoms with Gasteiger partial charge in [-0.2, -0.15) is 0 Å². The summed E-state index contributed by atoms with van der Waals surface area (Å²) in [7, 11) is 0. The number of hydrogen-bond donors (Lipinski definition) is 2. The summed E-state index contributed by atoms with van der Waals surface area (Å²) in [4.78, 5) is 0. The third kappa shape index (κ3) is 3.19. The summed E-state index contributed by atoms with van der Waals surface area (Å²) in [6.07, 6.45) is 6.52. The zero-order valence-electron chi connectivity index (χ0n) is 10.5. The fourth-order valence-electron chi connectivity index (χ4n) is 2.87. The zero-order valence-corrected chi connectivity index (χ0v) is 10.5. The van der Waals surface area contributed by atoms with E-state index in [9.17, 15) is 0 Å². The lowest BCUT2D eigenvalue weighted by atomic mass is 9.81. The first-order valence-electron chi connectivity index (χ1n) is 6.75. The minimum Gasteiger partial charge on any atom is -0.379 e. The van der Waals surface area contributed by atoms with Crippen LogP contribution in [0.1, 0.15) is 39.0 Å². The minimum absolute atomic E-state index is 0.241. The highest BCUT2D eigenvalue weighted by molar-refractivity contribution is 4.88. The van der Waals surface area contributed by atoms with Crippen LogP contribution in [0.2, 0.25) is 0 Å². The standard InChI is InChI=1S/C13H26N2O/c1-13(6-7-16-10-13)15-9-12-4-2-11(8-14)3-5-12/h11-12,15H,2-10,14H2,1H3. The summed E-state index contributed by atoms with van der Waals surface area (Å²) < 4.78 is 5.46. The van der Waals surface area contributed by atoms with Crippen LogP contribution in [0.5, 0.6) is 0 Å². The maximum absolute atomic E-state index is 5.71. The molecule has 3 nitrogen and oxygen atoms in total. The molecular weight excluding hydrogens is 200 g/mol. The Labute approximate surface area is 99.1 Å². The summed E-state index contributed by atoms with van der Waals surface area (Å²) >= 11 is 0. The molecule has 1 saturated carbocycles. The van der Waals surface area contributed by atoms with Crippen LogP contribution in [0.15, 0.2) is 0 Å². The van der Waals surface area contributed by atoms with Crippen molar-refractivity contribution < 1.29 is 4.74 Å². The highest BCUT2D eigenvalue weighted by Crippen LogP contribution is 2.28. The summed E-state index contributed by atoms with van der Waals surface area (Å²) in [6.45, 7) is 6.13. The average Bonchev–Trinajstić information content (AvgIpc) is 2.75. The van der Waals surface area contributed by atoms with Crippen molar-refractivity contribution in [1.82, 2.24) is 5.32 Å². The quantitative estimate of drug-likeness (QED) is 0.764. The minimum atomic E-state index is 0.241. The Kier molecular flexibility index (Phi) is 4.22. The molecule has 0 aromatic carbocycles. The number of nitrogens with one attached hydrogen (secondary N) is 1.